The average molecular weight is 362 g/mol. The second-order valence-electron chi connectivity index (χ2n) is 9.14. The molecule has 0 aromatic heterocycles. The van der Waals surface area contributed by atoms with E-state index in [-0.39, 0.29) is 5.92 Å². The van der Waals surface area contributed by atoms with Gasteiger partial charge in [0.05, 0.1) is 23.2 Å². The molecule has 0 aromatic rings. The van der Waals surface area contributed by atoms with Crippen LogP contribution in [0.15, 0.2) is 23.3 Å². The quantitative estimate of drug-likeness (QED) is 0.492. The Morgan fingerprint density at radius 1 is 1.31 bits per heavy atom. The predicted octanol–water partition coefficient (Wildman–Crippen LogP) is 2.25. The highest BCUT2D eigenvalue weighted by atomic mass is 16.5. The van der Waals surface area contributed by atoms with Crippen LogP contribution in [0, 0.1) is 16.7 Å². The highest BCUT2D eigenvalue weighted by Gasteiger charge is 2.77. The number of allylic oxidation sites excluding steroid dienone is 1. The van der Waals surface area contributed by atoms with Crippen LogP contribution < -0.4 is 0 Å². The Morgan fingerprint density at radius 2 is 2.00 bits per heavy atom. The molecule has 0 aliphatic heterocycles. The van der Waals surface area contributed by atoms with Gasteiger partial charge >= 0.3 is 5.97 Å². The summed E-state index contributed by atoms with van der Waals surface area (Å²) in [4.78, 5) is 11.9. The average Bonchev–Trinajstić information content (AvgIpc) is 2.79. The second kappa shape index (κ2) is 5.43. The van der Waals surface area contributed by atoms with Crippen molar-refractivity contribution in [3.63, 3.8) is 0 Å². The van der Waals surface area contributed by atoms with Gasteiger partial charge in [0.25, 0.3) is 0 Å². The molecule has 0 radical (unpaired) electrons. The number of rotatable bonds is 1. The van der Waals surface area contributed by atoms with E-state index in [0.29, 0.717) is 25.7 Å². The van der Waals surface area contributed by atoms with Crippen molar-refractivity contribution >= 4 is 5.97 Å². The molecule has 7 atom stereocenters. The van der Waals surface area contributed by atoms with Crippen molar-refractivity contribution in [2.24, 2.45) is 16.7 Å². The first-order chi connectivity index (χ1) is 12.1. The molecule has 4 rings (SSSR count). The molecule has 4 aliphatic carbocycles. The van der Waals surface area contributed by atoms with Gasteiger partial charge < -0.3 is 20.1 Å². The third-order valence-electron chi connectivity index (χ3n) is 8.31. The Bertz CT molecular complexity index is 711. The summed E-state index contributed by atoms with van der Waals surface area (Å²) in [6.45, 7) is 9.45. The number of hydrogen-bond acceptors (Lipinski definition) is 5. The highest BCUT2D eigenvalue weighted by molar-refractivity contribution is 5.66. The van der Waals surface area contributed by atoms with Crippen molar-refractivity contribution in [1.82, 2.24) is 0 Å². The van der Waals surface area contributed by atoms with Crippen LogP contribution >= 0.6 is 0 Å². The topological polar surface area (TPSA) is 87.0 Å². The lowest BCUT2D eigenvalue weighted by Gasteiger charge is -2.66. The number of carbonyl (C=O) groups is 1. The van der Waals surface area contributed by atoms with Crippen LogP contribution in [0.1, 0.15) is 59.3 Å². The van der Waals surface area contributed by atoms with Crippen molar-refractivity contribution < 1.29 is 24.9 Å². The fourth-order valence-electron chi connectivity index (χ4n) is 6.88. The van der Waals surface area contributed by atoms with Crippen LogP contribution in [0.3, 0.4) is 0 Å². The summed E-state index contributed by atoms with van der Waals surface area (Å²) >= 11 is 0. The molecule has 3 fully saturated rings. The lowest BCUT2D eigenvalue weighted by molar-refractivity contribution is -0.276. The molecule has 0 saturated heterocycles. The second-order valence-corrected chi connectivity index (χ2v) is 9.14. The molecular formula is C21H30O5. The summed E-state index contributed by atoms with van der Waals surface area (Å²) in [5, 5.41) is 34.4. The van der Waals surface area contributed by atoms with Crippen LogP contribution in [0.5, 0.6) is 0 Å². The standard InChI is InChI=1S/C21H30O5/c1-11-5-6-16(23)19(4)15(11)9-17(26-13(3)22)20-10-14(12(2)18(20)24)7-8-21(19,20)25/h14,16-18,23-25H,2,5-10H2,1,3-4H3/t14-,16-,17+,18-,19+,20-,21-/m1/s1. The zero-order valence-corrected chi connectivity index (χ0v) is 15.9. The summed E-state index contributed by atoms with van der Waals surface area (Å²) in [5.41, 5.74) is -0.302. The van der Waals surface area contributed by atoms with Crippen LogP contribution in [-0.4, -0.2) is 45.2 Å². The summed E-state index contributed by atoms with van der Waals surface area (Å²) in [7, 11) is 0. The van der Waals surface area contributed by atoms with Gasteiger partial charge in [0, 0.05) is 18.8 Å². The smallest absolute Gasteiger partial charge is 0.302 e. The van der Waals surface area contributed by atoms with E-state index < -0.39 is 40.7 Å². The molecule has 0 aromatic carbocycles. The van der Waals surface area contributed by atoms with Crippen LogP contribution in [0.25, 0.3) is 0 Å². The Kier molecular flexibility index (Phi) is 3.80. The molecule has 0 heterocycles. The number of aliphatic hydroxyl groups excluding tert-OH is 2. The first kappa shape index (κ1) is 18.2. The molecule has 1 spiro atoms. The number of fused-ring (bicyclic) bond motifs is 3. The molecule has 2 bridgehead atoms. The van der Waals surface area contributed by atoms with E-state index >= 15 is 0 Å². The van der Waals surface area contributed by atoms with E-state index in [9.17, 15) is 20.1 Å². The van der Waals surface area contributed by atoms with E-state index in [0.717, 1.165) is 29.6 Å². The van der Waals surface area contributed by atoms with E-state index in [1.54, 1.807) is 0 Å². The Morgan fingerprint density at radius 3 is 2.65 bits per heavy atom. The lowest BCUT2D eigenvalue weighted by Crippen LogP contribution is -2.74. The van der Waals surface area contributed by atoms with Crippen molar-refractivity contribution in [3.8, 4) is 0 Å². The van der Waals surface area contributed by atoms with Crippen molar-refractivity contribution in [2.75, 3.05) is 0 Å². The summed E-state index contributed by atoms with van der Waals surface area (Å²) in [6.07, 6.45) is 1.37. The van der Waals surface area contributed by atoms with Crippen molar-refractivity contribution in [1.29, 1.82) is 0 Å². The predicted molar refractivity (Wildman–Crippen MR) is 96.1 cm³/mol. The minimum absolute atomic E-state index is 0.124. The minimum Gasteiger partial charge on any atom is -0.461 e. The van der Waals surface area contributed by atoms with Crippen molar-refractivity contribution in [2.45, 2.75) is 83.2 Å². The van der Waals surface area contributed by atoms with Gasteiger partial charge in [-0.25, -0.2) is 0 Å². The fraction of sp³-hybridized carbons (Fsp3) is 0.762. The maximum atomic E-state index is 12.2. The van der Waals surface area contributed by atoms with Gasteiger partial charge in [0.1, 0.15) is 6.10 Å². The summed E-state index contributed by atoms with van der Waals surface area (Å²) < 4.78 is 5.73. The van der Waals surface area contributed by atoms with E-state index in [2.05, 4.69) is 6.58 Å². The Hall–Kier alpha value is -1.17. The number of ether oxygens (including phenoxy) is 1. The summed E-state index contributed by atoms with van der Waals surface area (Å²) in [6, 6.07) is 0. The number of esters is 1. The minimum atomic E-state index is -1.34. The molecule has 3 N–H and O–H groups in total. The molecule has 5 nitrogen and oxygen atoms in total. The van der Waals surface area contributed by atoms with Crippen LogP contribution in [0.2, 0.25) is 0 Å². The number of aliphatic hydroxyl groups is 3. The Labute approximate surface area is 154 Å². The summed E-state index contributed by atoms with van der Waals surface area (Å²) in [5.74, 6) is -0.281. The van der Waals surface area contributed by atoms with E-state index in [1.807, 2.05) is 13.8 Å². The zero-order chi connectivity index (χ0) is 19.1. The monoisotopic (exact) mass is 362 g/mol. The van der Waals surface area contributed by atoms with Crippen molar-refractivity contribution in [3.05, 3.63) is 23.3 Å². The zero-order valence-electron chi connectivity index (χ0n) is 15.9. The fourth-order valence-corrected chi connectivity index (χ4v) is 6.88. The van der Waals surface area contributed by atoms with E-state index in [4.69, 9.17) is 4.74 Å². The van der Waals surface area contributed by atoms with Gasteiger partial charge in [-0.05, 0) is 50.5 Å². The third-order valence-corrected chi connectivity index (χ3v) is 8.31. The van der Waals surface area contributed by atoms with Gasteiger partial charge in [-0.3, -0.25) is 4.79 Å². The van der Waals surface area contributed by atoms with Crippen LogP contribution in [0.4, 0.5) is 0 Å². The van der Waals surface area contributed by atoms with Gasteiger partial charge in [0.15, 0.2) is 0 Å². The molecular weight excluding hydrogens is 332 g/mol. The van der Waals surface area contributed by atoms with E-state index in [1.165, 1.54) is 6.92 Å². The SMILES string of the molecule is C=C1[C@@H]2CC[C@]3(O)[C@](C2)([C@@H](OC(C)=O)CC2=C(C)CC[C@@H](O)[C@]23C)[C@@H]1O. The van der Waals surface area contributed by atoms with Gasteiger partial charge in [-0.2, -0.15) is 0 Å². The first-order valence-electron chi connectivity index (χ1n) is 9.73. The maximum Gasteiger partial charge on any atom is 0.302 e. The van der Waals surface area contributed by atoms with Gasteiger partial charge in [-0.1, -0.05) is 24.6 Å². The highest BCUT2D eigenvalue weighted by Crippen LogP contribution is 2.71. The van der Waals surface area contributed by atoms with Crippen LogP contribution in [-0.2, 0) is 9.53 Å². The molecule has 5 heteroatoms. The molecule has 144 valence electrons. The molecule has 0 amide bonds. The maximum absolute atomic E-state index is 12.2. The molecule has 26 heavy (non-hydrogen) atoms. The largest absolute Gasteiger partial charge is 0.461 e. The lowest BCUT2D eigenvalue weighted by atomic mass is 9.42. The first-order valence-corrected chi connectivity index (χ1v) is 9.73. The Balaban J connectivity index is 1.97. The molecule has 3 saturated carbocycles. The molecule has 4 aliphatic rings. The van der Waals surface area contributed by atoms with Gasteiger partial charge in [-0.15, -0.1) is 0 Å². The normalized spacial score (nSPS) is 50.3. The molecule has 0 unspecified atom stereocenters. The number of carbonyl (C=O) groups excluding carboxylic acids is 1. The number of hydrogen-bond donors (Lipinski definition) is 3. The third kappa shape index (κ3) is 1.84. The van der Waals surface area contributed by atoms with Gasteiger partial charge in [0.2, 0.25) is 0 Å².